The maximum Gasteiger partial charge on any atom is 0.197 e. The van der Waals surface area contributed by atoms with Gasteiger partial charge in [-0.15, -0.1) is 0 Å². The summed E-state index contributed by atoms with van der Waals surface area (Å²) in [5.41, 5.74) is 5.91. The highest BCUT2D eigenvalue weighted by Gasteiger charge is 2.32. The minimum atomic E-state index is 0.549. The zero-order valence-electron chi connectivity index (χ0n) is 10.9. The van der Waals surface area contributed by atoms with E-state index in [9.17, 15) is 0 Å². The lowest BCUT2D eigenvalue weighted by atomic mass is 10.3. The molecule has 2 fully saturated rings. The van der Waals surface area contributed by atoms with Crippen molar-refractivity contribution in [3.05, 3.63) is 0 Å². The molecule has 0 bridgehead atoms. The maximum atomic E-state index is 5.91. The van der Waals surface area contributed by atoms with E-state index in [2.05, 4.69) is 9.27 Å². The molecular formula is C13H21N3OS. The molecule has 5 heteroatoms. The summed E-state index contributed by atoms with van der Waals surface area (Å²) >= 11 is 1.49. The molecule has 2 aliphatic carbocycles. The van der Waals surface area contributed by atoms with Crippen LogP contribution in [0.4, 0.5) is 10.8 Å². The third-order valence-corrected chi connectivity index (χ3v) is 4.49. The Hall–Kier alpha value is -0.970. The van der Waals surface area contributed by atoms with Gasteiger partial charge in [0.05, 0.1) is 6.61 Å². The predicted molar refractivity (Wildman–Crippen MR) is 75.4 cm³/mol. The van der Waals surface area contributed by atoms with Crippen LogP contribution >= 0.6 is 11.5 Å². The Bertz CT molecular complexity index is 398. The van der Waals surface area contributed by atoms with Crippen molar-refractivity contribution in [2.24, 2.45) is 11.8 Å². The third kappa shape index (κ3) is 2.71. The molecule has 100 valence electrons. The van der Waals surface area contributed by atoms with Crippen LogP contribution in [-0.2, 0) is 0 Å². The van der Waals surface area contributed by atoms with E-state index in [0.717, 1.165) is 35.7 Å². The fourth-order valence-corrected chi connectivity index (χ4v) is 3.01. The lowest BCUT2D eigenvalue weighted by Crippen LogP contribution is -2.27. The Morgan fingerprint density at radius 2 is 1.89 bits per heavy atom. The highest BCUT2D eigenvalue weighted by molar-refractivity contribution is 7.11. The topological polar surface area (TPSA) is 51.4 Å². The zero-order chi connectivity index (χ0) is 12.5. The van der Waals surface area contributed by atoms with Crippen molar-refractivity contribution in [2.45, 2.75) is 32.6 Å². The molecule has 0 saturated heterocycles. The number of nitrogen functional groups attached to an aromatic ring is 1. The van der Waals surface area contributed by atoms with Gasteiger partial charge in [-0.3, -0.25) is 0 Å². The summed E-state index contributed by atoms with van der Waals surface area (Å²) in [6.45, 7) is 4.94. The summed E-state index contributed by atoms with van der Waals surface area (Å²) in [4.78, 5) is 2.47. The van der Waals surface area contributed by atoms with Gasteiger partial charge >= 0.3 is 0 Å². The van der Waals surface area contributed by atoms with Crippen molar-refractivity contribution in [1.29, 1.82) is 0 Å². The first-order valence-corrected chi connectivity index (χ1v) is 7.68. The molecule has 0 unspecified atom stereocenters. The molecule has 1 aromatic heterocycles. The van der Waals surface area contributed by atoms with Gasteiger partial charge in [0.2, 0.25) is 0 Å². The van der Waals surface area contributed by atoms with E-state index >= 15 is 0 Å². The average Bonchev–Trinajstić information content (AvgIpc) is 3.25. The van der Waals surface area contributed by atoms with Crippen LogP contribution in [0.1, 0.15) is 32.6 Å². The number of hydrogen-bond acceptors (Lipinski definition) is 5. The smallest absolute Gasteiger partial charge is 0.197 e. The summed E-state index contributed by atoms with van der Waals surface area (Å²) in [6.07, 6.45) is 5.50. The number of anilines is 2. The van der Waals surface area contributed by atoms with Crippen molar-refractivity contribution in [3.8, 4) is 5.75 Å². The van der Waals surface area contributed by atoms with Crippen LogP contribution < -0.4 is 15.4 Å². The van der Waals surface area contributed by atoms with Gasteiger partial charge < -0.3 is 15.4 Å². The lowest BCUT2D eigenvalue weighted by Gasteiger charge is -2.23. The van der Waals surface area contributed by atoms with Crippen LogP contribution in [-0.4, -0.2) is 24.1 Å². The van der Waals surface area contributed by atoms with Crippen molar-refractivity contribution in [1.82, 2.24) is 4.37 Å². The first kappa shape index (κ1) is 12.1. The Balaban J connectivity index is 1.77. The fourth-order valence-electron chi connectivity index (χ4n) is 2.23. The van der Waals surface area contributed by atoms with E-state index in [-0.39, 0.29) is 0 Å². The number of rotatable bonds is 7. The van der Waals surface area contributed by atoms with Gasteiger partial charge in [-0.2, -0.15) is 4.37 Å². The number of nitrogens with zero attached hydrogens (tertiary/aromatic N) is 2. The summed E-state index contributed by atoms with van der Waals surface area (Å²) in [7, 11) is 0. The van der Waals surface area contributed by atoms with Crippen LogP contribution in [0.2, 0.25) is 0 Å². The van der Waals surface area contributed by atoms with Gasteiger partial charge in [0.25, 0.3) is 0 Å². The summed E-state index contributed by atoms with van der Waals surface area (Å²) in [6, 6.07) is 0. The molecule has 3 rings (SSSR count). The maximum absolute atomic E-state index is 5.91. The number of nitrogens with two attached hydrogens (primary N) is 1. The van der Waals surface area contributed by atoms with E-state index < -0.39 is 0 Å². The minimum Gasteiger partial charge on any atom is -0.487 e. The molecule has 2 aliphatic rings. The van der Waals surface area contributed by atoms with Gasteiger partial charge in [-0.1, -0.05) is 0 Å². The Morgan fingerprint density at radius 1 is 1.28 bits per heavy atom. The Labute approximate surface area is 112 Å². The van der Waals surface area contributed by atoms with E-state index in [0.29, 0.717) is 12.4 Å². The van der Waals surface area contributed by atoms with E-state index in [1.165, 1.54) is 37.2 Å². The molecular weight excluding hydrogens is 246 g/mol. The predicted octanol–water partition coefficient (Wildman–Crippen LogP) is 2.75. The average molecular weight is 267 g/mol. The molecule has 2 N–H and O–H groups in total. The lowest BCUT2D eigenvalue weighted by molar-refractivity contribution is 0.342. The zero-order valence-corrected chi connectivity index (χ0v) is 11.7. The van der Waals surface area contributed by atoms with Crippen molar-refractivity contribution in [2.75, 3.05) is 30.3 Å². The fraction of sp³-hybridized carbons (Fsp3) is 0.769. The molecule has 2 saturated carbocycles. The van der Waals surface area contributed by atoms with Gasteiger partial charge in [0.1, 0.15) is 0 Å². The van der Waals surface area contributed by atoms with Crippen LogP contribution in [0.5, 0.6) is 5.75 Å². The second-order valence-corrected chi connectivity index (χ2v) is 6.18. The molecule has 4 nitrogen and oxygen atoms in total. The van der Waals surface area contributed by atoms with Crippen LogP contribution in [0.25, 0.3) is 0 Å². The van der Waals surface area contributed by atoms with Crippen molar-refractivity contribution in [3.63, 3.8) is 0 Å². The first-order valence-electron chi connectivity index (χ1n) is 6.90. The molecule has 0 amide bonds. The molecule has 0 aromatic carbocycles. The Kier molecular flexibility index (Phi) is 3.33. The summed E-state index contributed by atoms with van der Waals surface area (Å²) in [5.74, 6) is 3.11. The molecule has 1 aromatic rings. The van der Waals surface area contributed by atoms with E-state index in [4.69, 9.17) is 10.5 Å². The summed E-state index contributed by atoms with van der Waals surface area (Å²) in [5, 5.41) is 1.15. The number of hydrogen-bond donors (Lipinski definition) is 1. The van der Waals surface area contributed by atoms with E-state index in [1.807, 2.05) is 6.92 Å². The van der Waals surface area contributed by atoms with Crippen molar-refractivity contribution >= 4 is 22.4 Å². The van der Waals surface area contributed by atoms with Gasteiger partial charge in [0.15, 0.2) is 16.6 Å². The van der Waals surface area contributed by atoms with Crippen LogP contribution in [0, 0.1) is 11.8 Å². The molecule has 0 atom stereocenters. The first-order chi connectivity index (χ1) is 8.78. The number of aromatic nitrogens is 1. The molecule has 0 aliphatic heterocycles. The minimum absolute atomic E-state index is 0.549. The SMILES string of the molecule is CCOc1c(N)nsc1N(CC1CC1)CC1CC1. The van der Waals surface area contributed by atoms with Gasteiger partial charge in [0, 0.05) is 13.1 Å². The standard InChI is InChI=1S/C13H21N3OS/c1-2-17-11-12(14)15-18-13(11)16(7-9-3-4-9)8-10-5-6-10/h9-10H,2-8H2,1H3,(H2,14,15). The highest BCUT2D eigenvalue weighted by atomic mass is 32.1. The Morgan fingerprint density at radius 3 is 2.39 bits per heavy atom. The highest BCUT2D eigenvalue weighted by Crippen LogP contribution is 2.43. The molecule has 18 heavy (non-hydrogen) atoms. The molecule has 1 heterocycles. The van der Waals surface area contributed by atoms with E-state index in [1.54, 1.807) is 0 Å². The largest absolute Gasteiger partial charge is 0.487 e. The van der Waals surface area contributed by atoms with Gasteiger partial charge in [-0.25, -0.2) is 0 Å². The van der Waals surface area contributed by atoms with Crippen LogP contribution in [0.15, 0.2) is 0 Å². The second-order valence-electron chi connectivity index (χ2n) is 5.43. The van der Waals surface area contributed by atoms with Gasteiger partial charge in [-0.05, 0) is 56.0 Å². The summed E-state index contributed by atoms with van der Waals surface area (Å²) < 4.78 is 9.94. The van der Waals surface area contributed by atoms with Crippen molar-refractivity contribution < 1.29 is 4.74 Å². The normalized spacial score (nSPS) is 18.9. The van der Waals surface area contributed by atoms with Crippen LogP contribution in [0.3, 0.4) is 0 Å². The third-order valence-electron chi connectivity index (χ3n) is 3.58. The molecule has 0 radical (unpaired) electrons. The quantitative estimate of drug-likeness (QED) is 0.825. The monoisotopic (exact) mass is 267 g/mol. The number of ether oxygens (including phenoxy) is 1. The second kappa shape index (κ2) is 4.96. The molecule has 0 spiro atoms.